The average molecular weight is 261 g/mol. The number of hydrogen-bond donors (Lipinski definition) is 3. The van der Waals surface area contributed by atoms with Gasteiger partial charge in [0.1, 0.15) is 0 Å². The van der Waals surface area contributed by atoms with Gasteiger partial charge in [0.15, 0.2) is 0 Å². The first-order valence-electron chi connectivity index (χ1n) is 6.97. The Kier molecular flexibility index (Phi) is 4.93. The zero-order chi connectivity index (χ0) is 13.7. The minimum absolute atomic E-state index is 0.0515. The van der Waals surface area contributed by atoms with E-state index in [1.165, 1.54) is 0 Å². The zero-order valence-corrected chi connectivity index (χ0v) is 11.4. The highest BCUT2D eigenvalue weighted by atomic mass is 16.2. The number of benzene rings is 1. The van der Waals surface area contributed by atoms with Crippen molar-refractivity contribution in [1.29, 1.82) is 0 Å². The van der Waals surface area contributed by atoms with E-state index in [4.69, 9.17) is 5.73 Å². The smallest absolute Gasteiger partial charge is 0.237 e. The van der Waals surface area contributed by atoms with Crippen LogP contribution in [0.2, 0.25) is 0 Å². The Morgan fingerprint density at radius 3 is 2.89 bits per heavy atom. The number of amides is 1. The van der Waals surface area contributed by atoms with Gasteiger partial charge in [0.05, 0.1) is 6.04 Å². The Hall–Kier alpha value is -1.39. The van der Waals surface area contributed by atoms with Gasteiger partial charge in [-0.1, -0.05) is 37.3 Å². The van der Waals surface area contributed by atoms with Crippen LogP contribution in [0.5, 0.6) is 0 Å². The fraction of sp³-hybridized carbons (Fsp3) is 0.533. The molecule has 4 heteroatoms. The van der Waals surface area contributed by atoms with E-state index in [0.29, 0.717) is 12.3 Å². The fourth-order valence-corrected chi connectivity index (χ4v) is 2.43. The monoisotopic (exact) mass is 261 g/mol. The maximum Gasteiger partial charge on any atom is 0.237 e. The molecule has 2 rings (SSSR count). The second kappa shape index (κ2) is 6.68. The van der Waals surface area contributed by atoms with Gasteiger partial charge < -0.3 is 16.4 Å². The summed E-state index contributed by atoms with van der Waals surface area (Å²) in [7, 11) is 0. The highest BCUT2D eigenvalue weighted by Gasteiger charge is 2.24. The molecule has 0 radical (unpaired) electrons. The maximum atomic E-state index is 12.1. The molecule has 0 spiro atoms. The van der Waals surface area contributed by atoms with Gasteiger partial charge >= 0.3 is 0 Å². The zero-order valence-electron chi connectivity index (χ0n) is 11.4. The predicted octanol–water partition coefficient (Wildman–Crippen LogP) is 0.671. The van der Waals surface area contributed by atoms with Crippen LogP contribution in [0.3, 0.4) is 0 Å². The highest BCUT2D eigenvalue weighted by molar-refractivity contribution is 5.82. The first kappa shape index (κ1) is 14.0. The van der Waals surface area contributed by atoms with Gasteiger partial charge in [-0.15, -0.1) is 0 Å². The molecule has 1 fully saturated rings. The molecule has 0 aromatic heterocycles. The van der Waals surface area contributed by atoms with E-state index in [1.807, 2.05) is 30.3 Å². The molecule has 19 heavy (non-hydrogen) atoms. The second-order valence-corrected chi connectivity index (χ2v) is 5.38. The summed E-state index contributed by atoms with van der Waals surface area (Å²) in [4.78, 5) is 12.1. The van der Waals surface area contributed by atoms with Crippen LogP contribution in [-0.2, 0) is 11.2 Å². The maximum absolute atomic E-state index is 12.1. The fourth-order valence-electron chi connectivity index (χ4n) is 2.43. The van der Waals surface area contributed by atoms with Gasteiger partial charge in [-0.2, -0.15) is 0 Å². The van der Waals surface area contributed by atoms with Gasteiger partial charge in [0.25, 0.3) is 0 Å². The molecule has 1 aliphatic rings. The largest absolute Gasteiger partial charge is 0.350 e. The van der Waals surface area contributed by atoms with Crippen LogP contribution in [0.25, 0.3) is 0 Å². The first-order chi connectivity index (χ1) is 9.16. The van der Waals surface area contributed by atoms with E-state index >= 15 is 0 Å². The van der Waals surface area contributed by atoms with Crippen molar-refractivity contribution in [3.05, 3.63) is 35.9 Å². The minimum Gasteiger partial charge on any atom is -0.350 e. The Bertz CT molecular complexity index is 407. The molecule has 1 aliphatic heterocycles. The van der Waals surface area contributed by atoms with Crippen LogP contribution in [0, 0.1) is 5.92 Å². The molecule has 1 amide bonds. The molecule has 4 nitrogen and oxygen atoms in total. The van der Waals surface area contributed by atoms with Gasteiger partial charge in [-0.3, -0.25) is 4.79 Å². The third-order valence-corrected chi connectivity index (χ3v) is 3.79. The van der Waals surface area contributed by atoms with Crippen molar-refractivity contribution in [2.45, 2.75) is 31.8 Å². The van der Waals surface area contributed by atoms with Crippen LogP contribution in [0.15, 0.2) is 30.3 Å². The van der Waals surface area contributed by atoms with Gasteiger partial charge in [0.2, 0.25) is 5.91 Å². The molecule has 4 N–H and O–H groups in total. The Morgan fingerprint density at radius 1 is 1.47 bits per heavy atom. The summed E-state index contributed by atoms with van der Waals surface area (Å²) in [5.41, 5.74) is 7.08. The minimum atomic E-state index is -0.475. The van der Waals surface area contributed by atoms with Crippen molar-refractivity contribution in [3.63, 3.8) is 0 Å². The molecule has 0 bridgehead atoms. The quantitative estimate of drug-likeness (QED) is 0.746. The number of hydrogen-bond acceptors (Lipinski definition) is 3. The summed E-state index contributed by atoms with van der Waals surface area (Å²) in [6.45, 7) is 4.04. The van der Waals surface area contributed by atoms with Crippen molar-refractivity contribution in [2.24, 2.45) is 11.7 Å². The van der Waals surface area contributed by atoms with E-state index in [-0.39, 0.29) is 11.9 Å². The summed E-state index contributed by atoms with van der Waals surface area (Å²) in [6, 6.07) is 9.61. The third kappa shape index (κ3) is 4.04. The lowest BCUT2D eigenvalue weighted by atomic mass is 9.94. The summed E-state index contributed by atoms with van der Waals surface area (Å²) in [6.07, 6.45) is 1.68. The number of nitrogens with one attached hydrogen (secondary N) is 2. The number of carbonyl (C=O) groups excluding carboxylic acids is 1. The van der Waals surface area contributed by atoms with Gasteiger partial charge in [-0.25, -0.2) is 0 Å². The number of carbonyl (C=O) groups is 1. The Balaban J connectivity index is 1.85. The normalized spacial score (nSPS) is 24.7. The van der Waals surface area contributed by atoms with Crippen LogP contribution < -0.4 is 16.4 Å². The first-order valence-corrected chi connectivity index (χ1v) is 6.97. The summed E-state index contributed by atoms with van der Waals surface area (Å²) in [5, 5.41) is 6.37. The average Bonchev–Trinajstić information content (AvgIpc) is 2.42. The number of piperidine rings is 1. The molecule has 1 saturated heterocycles. The molecule has 1 aromatic carbocycles. The number of nitrogens with two attached hydrogens (primary N) is 1. The molecular weight excluding hydrogens is 238 g/mol. The molecular formula is C15H23N3O. The SMILES string of the molecule is CC1CCNCC1NC(=O)C(N)Cc1ccccc1. The third-order valence-electron chi connectivity index (χ3n) is 3.79. The van der Waals surface area contributed by atoms with E-state index in [0.717, 1.165) is 25.1 Å². The molecule has 3 unspecified atom stereocenters. The molecule has 1 heterocycles. The lowest BCUT2D eigenvalue weighted by Gasteiger charge is -2.31. The van der Waals surface area contributed by atoms with Crippen molar-refractivity contribution in [3.8, 4) is 0 Å². The van der Waals surface area contributed by atoms with Crippen molar-refractivity contribution in [2.75, 3.05) is 13.1 Å². The van der Waals surface area contributed by atoms with Crippen LogP contribution in [0.1, 0.15) is 18.9 Å². The van der Waals surface area contributed by atoms with Crippen molar-refractivity contribution < 1.29 is 4.79 Å². The Labute approximate surface area is 114 Å². The molecule has 1 aromatic rings. The standard InChI is InChI=1S/C15H23N3O/c1-11-7-8-17-10-14(11)18-15(19)13(16)9-12-5-3-2-4-6-12/h2-6,11,13-14,17H,7-10,16H2,1H3,(H,18,19). The molecule has 3 atom stereocenters. The van der Waals surface area contributed by atoms with Gasteiger partial charge in [-0.05, 0) is 30.9 Å². The molecule has 0 aliphatic carbocycles. The highest BCUT2D eigenvalue weighted by Crippen LogP contribution is 2.11. The van der Waals surface area contributed by atoms with Crippen LogP contribution >= 0.6 is 0 Å². The predicted molar refractivity (Wildman–Crippen MR) is 76.7 cm³/mol. The Morgan fingerprint density at radius 2 is 2.21 bits per heavy atom. The van der Waals surface area contributed by atoms with E-state index in [9.17, 15) is 4.79 Å². The lowest BCUT2D eigenvalue weighted by molar-refractivity contribution is -0.123. The van der Waals surface area contributed by atoms with Crippen molar-refractivity contribution in [1.82, 2.24) is 10.6 Å². The second-order valence-electron chi connectivity index (χ2n) is 5.38. The van der Waals surface area contributed by atoms with Crippen LogP contribution in [-0.4, -0.2) is 31.1 Å². The summed E-state index contributed by atoms with van der Waals surface area (Å²) < 4.78 is 0. The van der Waals surface area contributed by atoms with Crippen molar-refractivity contribution >= 4 is 5.91 Å². The lowest BCUT2D eigenvalue weighted by Crippen LogP contribution is -2.54. The van der Waals surface area contributed by atoms with Gasteiger partial charge in [0, 0.05) is 12.6 Å². The molecule has 104 valence electrons. The summed E-state index contributed by atoms with van der Waals surface area (Å²) in [5.74, 6) is 0.457. The van der Waals surface area contributed by atoms with E-state index < -0.39 is 6.04 Å². The van der Waals surface area contributed by atoms with E-state index in [1.54, 1.807) is 0 Å². The molecule has 0 saturated carbocycles. The topological polar surface area (TPSA) is 67.1 Å². The summed E-state index contributed by atoms with van der Waals surface area (Å²) >= 11 is 0. The van der Waals surface area contributed by atoms with E-state index in [2.05, 4.69) is 17.6 Å². The van der Waals surface area contributed by atoms with Crippen LogP contribution in [0.4, 0.5) is 0 Å². The number of rotatable bonds is 4.